The van der Waals surface area contributed by atoms with Crippen LogP contribution in [-0.4, -0.2) is 58.4 Å². The highest BCUT2D eigenvalue weighted by molar-refractivity contribution is 5.91. The summed E-state index contributed by atoms with van der Waals surface area (Å²) < 4.78 is 13.0. The third kappa shape index (κ3) is 4.61. The van der Waals surface area contributed by atoms with Gasteiger partial charge in [-0.15, -0.1) is 0 Å². The van der Waals surface area contributed by atoms with E-state index in [1.165, 1.54) is 6.26 Å². The monoisotopic (exact) mass is 492 g/mol. The molecule has 5 aromatic rings. The van der Waals surface area contributed by atoms with Crippen molar-refractivity contribution in [3.05, 3.63) is 103 Å². The molecule has 0 spiro atoms. The lowest BCUT2D eigenvalue weighted by atomic mass is 10.1. The SMILES string of the molecule is COc1cccc(-c2nc3ccc(-c4ccccc4)cn3c2CN2CCN(C(=O)c3ccco3)CC2)c1. The number of benzene rings is 2. The number of aromatic nitrogens is 2. The summed E-state index contributed by atoms with van der Waals surface area (Å²) in [4.78, 5) is 22.0. The zero-order valence-electron chi connectivity index (χ0n) is 20.7. The van der Waals surface area contributed by atoms with Gasteiger partial charge in [-0.25, -0.2) is 4.98 Å². The average Bonchev–Trinajstić information content (AvgIpc) is 3.62. The lowest BCUT2D eigenvalue weighted by Gasteiger charge is -2.34. The Bertz CT molecular complexity index is 1520. The summed E-state index contributed by atoms with van der Waals surface area (Å²) in [6.45, 7) is 3.57. The molecule has 0 atom stereocenters. The van der Waals surface area contributed by atoms with Crippen LogP contribution >= 0.6 is 0 Å². The van der Waals surface area contributed by atoms with Crippen molar-refractivity contribution in [2.45, 2.75) is 6.54 Å². The average molecular weight is 493 g/mol. The number of rotatable bonds is 6. The summed E-state index contributed by atoms with van der Waals surface area (Å²) in [5.41, 5.74) is 6.28. The van der Waals surface area contributed by atoms with Gasteiger partial charge in [-0.3, -0.25) is 9.69 Å². The van der Waals surface area contributed by atoms with E-state index < -0.39 is 0 Å². The Morgan fingerprint density at radius 3 is 2.46 bits per heavy atom. The number of imidazole rings is 1. The maximum Gasteiger partial charge on any atom is 0.289 e. The van der Waals surface area contributed by atoms with Gasteiger partial charge in [-0.05, 0) is 47.5 Å². The zero-order chi connectivity index (χ0) is 25.2. The number of amides is 1. The van der Waals surface area contributed by atoms with E-state index in [1.807, 2.05) is 29.2 Å². The summed E-state index contributed by atoms with van der Waals surface area (Å²) in [5.74, 6) is 1.14. The van der Waals surface area contributed by atoms with Crippen molar-refractivity contribution in [2.24, 2.45) is 0 Å². The summed E-state index contributed by atoms with van der Waals surface area (Å²) >= 11 is 0. The molecule has 1 fully saturated rings. The molecule has 3 aromatic heterocycles. The van der Waals surface area contributed by atoms with Crippen LogP contribution in [0.3, 0.4) is 0 Å². The summed E-state index contributed by atoms with van der Waals surface area (Å²) in [7, 11) is 1.68. The molecule has 1 saturated heterocycles. The second-order valence-corrected chi connectivity index (χ2v) is 9.20. The van der Waals surface area contributed by atoms with Crippen molar-refractivity contribution in [1.29, 1.82) is 0 Å². The van der Waals surface area contributed by atoms with Gasteiger partial charge in [0.1, 0.15) is 11.4 Å². The van der Waals surface area contributed by atoms with Crippen LogP contribution < -0.4 is 4.74 Å². The van der Waals surface area contributed by atoms with Crippen LogP contribution in [0, 0.1) is 0 Å². The van der Waals surface area contributed by atoms with Crippen molar-refractivity contribution in [1.82, 2.24) is 19.2 Å². The number of ether oxygens (including phenoxy) is 1. The Labute approximate surface area is 215 Å². The Hall–Kier alpha value is -4.36. The van der Waals surface area contributed by atoms with Crippen molar-refractivity contribution in [3.63, 3.8) is 0 Å². The largest absolute Gasteiger partial charge is 0.497 e. The standard InChI is InChI=1S/C30H28N4O3/c1-36-25-10-5-9-23(19-25)29-26(21-32-14-16-33(17-15-32)30(35)27-11-6-18-37-27)34-20-24(12-13-28(34)31-29)22-7-3-2-4-8-22/h2-13,18-20H,14-17,21H2,1H3. The van der Waals surface area contributed by atoms with Crippen molar-refractivity contribution in [3.8, 4) is 28.1 Å². The number of methoxy groups -OCH3 is 1. The van der Waals surface area contributed by atoms with Gasteiger partial charge in [0.05, 0.1) is 24.8 Å². The molecular weight excluding hydrogens is 464 g/mol. The van der Waals surface area contributed by atoms with Gasteiger partial charge >= 0.3 is 0 Å². The summed E-state index contributed by atoms with van der Waals surface area (Å²) in [6, 6.07) is 26.1. The molecule has 1 aliphatic rings. The second kappa shape index (κ2) is 9.95. The Kier molecular flexibility index (Phi) is 6.20. The van der Waals surface area contributed by atoms with E-state index >= 15 is 0 Å². The third-order valence-electron chi connectivity index (χ3n) is 6.93. The minimum atomic E-state index is -0.0518. The normalized spacial score (nSPS) is 14.2. The quantitative estimate of drug-likeness (QED) is 0.325. The molecule has 1 amide bonds. The Morgan fingerprint density at radius 2 is 1.70 bits per heavy atom. The van der Waals surface area contributed by atoms with E-state index in [4.69, 9.17) is 14.1 Å². The molecule has 2 aromatic carbocycles. The van der Waals surface area contributed by atoms with Crippen LogP contribution in [0.2, 0.25) is 0 Å². The van der Waals surface area contributed by atoms with Gasteiger partial charge < -0.3 is 18.5 Å². The maximum atomic E-state index is 12.7. The Balaban J connectivity index is 1.33. The molecule has 7 nitrogen and oxygen atoms in total. The van der Waals surface area contributed by atoms with E-state index in [2.05, 4.69) is 58.0 Å². The lowest BCUT2D eigenvalue weighted by molar-refractivity contribution is 0.0596. The van der Waals surface area contributed by atoms with Crippen LogP contribution in [0.1, 0.15) is 16.2 Å². The van der Waals surface area contributed by atoms with Crippen LogP contribution in [0.25, 0.3) is 28.0 Å². The van der Waals surface area contributed by atoms with Crippen molar-refractivity contribution < 1.29 is 13.9 Å². The van der Waals surface area contributed by atoms with Gasteiger partial charge in [0, 0.05) is 44.5 Å². The number of hydrogen-bond acceptors (Lipinski definition) is 5. The number of furan rings is 1. The topological polar surface area (TPSA) is 63.2 Å². The maximum absolute atomic E-state index is 12.7. The van der Waals surface area contributed by atoms with E-state index in [0.29, 0.717) is 25.4 Å². The van der Waals surface area contributed by atoms with E-state index in [-0.39, 0.29) is 5.91 Å². The van der Waals surface area contributed by atoms with E-state index in [9.17, 15) is 4.79 Å². The van der Waals surface area contributed by atoms with Crippen molar-refractivity contribution >= 4 is 11.6 Å². The predicted octanol–water partition coefficient (Wildman–Crippen LogP) is 5.23. The van der Waals surface area contributed by atoms with Crippen molar-refractivity contribution in [2.75, 3.05) is 33.3 Å². The number of carbonyl (C=O) groups excluding carboxylic acids is 1. The van der Waals surface area contributed by atoms with Gasteiger partial charge in [0.25, 0.3) is 5.91 Å². The Morgan fingerprint density at radius 1 is 0.892 bits per heavy atom. The predicted molar refractivity (Wildman–Crippen MR) is 143 cm³/mol. The number of carbonyl (C=O) groups is 1. The summed E-state index contributed by atoms with van der Waals surface area (Å²) in [6.07, 6.45) is 3.71. The van der Waals surface area contributed by atoms with Crippen LogP contribution in [-0.2, 0) is 6.54 Å². The number of hydrogen-bond donors (Lipinski definition) is 0. The molecule has 0 aliphatic carbocycles. The molecule has 7 heteroatoms. The number of nitrogens with zero attached hydrogens (tertiary/aromatic N) is 4. The van der Waals surface area contributed by atoms with Crippen LogP contribution in [0.4, 0.5) is 0 Å². The molecule has 0 unspecified atom stereocenters. The fourth-order valence-corrected chi connectivity index (χ4v) is 4.92. The molecule has 0 bridgehead atoms. The first-order valence-electron chi connectivity index (χ1n) is 12.5. The molecule has 0 radical (unpaired) electrons. The number of pyridine rings is 1. The first-order valence-corrected chi connectivity index (χ1v) is 12.5. The summed E-state index contributed by atoms with van der Waals surface area (Å²) in [5, 5.41) is 0. The fourth-order valence-electron chi connectivity index (χ4n) is 4.92. The first kappa shape index (κ1) is 23.1. The fraction of sp³-hybridized carbons (Fsp3) is 0.200. The van der Waals surface area contributed by atoms with Gasteiger partial charge in [0.2, 0.25) is 0 Å². The molecule has 6 rings (SSSR count). The highest BCUT2D eigenvalue weighted by Crippen LogP contribution is 2.30. The van der Waals surface area contributed by atoms with Gasteiger partial charge in [0.15, 0.2) is 5.76 Å². The molecular formula is C30H28N4O3. The molecule has 1 aliphatic heterocycles. The van der Waals surface area contributed by atoms with Crippen LogP contribution in [0.15, 0.2) is 95.7 Å². The lowest BCUT2D eigenvalue weighted by Crippen LogP contribution is -2.48. The highest BCUT2D eigenvalue weighted by atomic mass is 16.5. The number of fused-ring (bicyclic) bond motifs is 1. The first-order chi connectivity index (χ1) is 18.2. The van der Waals surface area contributed by atoms with E-state index in [1.54, 1.807) is 19.2 Å². The molecule has 186 valence electrons. The smallest absolute Gasteiger partial charge is 0.289 e. The molecule has 0 saturated carbocycles. The number of piperazine rings is 1. The highest BCUT2D eigenvalue weighted by Gasteiger charge is 2.25. The van der Waals surface area contributed by atoms with Crippen LogP contribution in [0.5, 0.6) is 5.75 Å². The second-order valence-electron chi connectivity index (χ2n) is 9.20. The minimum absolute atomic E-state index is 0.0518. The minimum Gasteiger partial charge on any atom is -0.497 e. The van der Waals surface area contributed by atoms with Gasteiger partial charge in [-0.1, -0.05) is 42.5 Å². The molecule has 4 heterocycles. The third-order valence-corrected chi connectivity index (χ3v) is 6.93. The zero-order valence-corrected chi connectivity index (χ0v) is 20.7. The molecule has 37 heavy (non-hydrogen) atoms. The van der Waals surface area contributed by atoms with Gasteiger partial charge in [-0.2, -0.15) is 0 Å². The molecule has 0 N–H and O–H groups in total. The van der Waals surface area contributed by atoms with E-state index in [0.717, 1.165) is 52.6 Å².